The largest absolute Gasteiger partial charge is 0.395 e. The summed E-state index contributed by atoms with van der Waals surface area (Å²) in [5.41, 5.74) is 3.71. The molecule has 21 heavy (non-hydrogen) atoms. The third kappa shape index (κ3) is 4.59. The molecule has 0 bridgehead atoms. The molecule has 112 valence electrons. The molecule has 0 aliphatic heterocycles. The van der Waals surface area contributed by atoms with Crippen LogP contribution >= 0.6 is 0 Å². The third-order valence-electron chi connectivity index (χ3n) is 3.48. The van der Waals surface area contributed by atoms with E-state index in [0.717, 1.165) is 19.6 Å². The summed E-state index contributed by atoms with van der Waals surface area (Å²) in [5, 5.41) is 12.8. The van der Waals surface area contributed by atoms with Crippen molar-refractivity contribution in [3.63, 3.8) is 0 Å². The molecule has 0 fully saturated rings. The average Bonchev–Trinajstić information content (AvgIpc) is 2.54. The Morgan fingerprint density at radius 3 is 2.43 bits per heavy atom. The van der Waals surface area contributed by atoms with Crippen molar-refractivity contribution in [1.29, 1.82) is 0 Å². The van der Waals surface area contributed by atoms with E-state index in [4.69, 9.17) is 0 Å². The fourth-order valence-electron chi connectivity index (χ4n) is 2.44. The SMILES string of the molecule is CCNCc1ccccc1N(CCO)Cc1ccccc1. The molecule has 2 N–H and O–H groups in total. The van der Waals surface area contributed by atoms with Crippen LogP contribution in [0.2, 0.25) is 0 Å². The summed E-state index contributed by atoms with van der Waals surface area (Å²) in [5.74, 6) is 0. The third-order valence-corrected chi connectivity index (χ3v) is 3.48. The molecule has 2 rings (SSSR count). The van der Waals surface area contributed by atoms with E-state index in [-0.39, 0.29) is 6.61 Å². The van der Waals surface area contributed by atoms with Gasteiger partial charge in [0.25, 0.3) is 0 Å². The van der Waals surface area contributed by atoms with Crippen LogP contribution in [0, 0.1) is 0 Å². The second kappa shape index (κ2) is 8.45. The molecule has 0 aliphatic rings. The van der Waals surface area contributed by atoms with E-state index in [1.165, 1.54) is 16.8 Å². The predicted molar refractivity (Wildman–Crippen MR) is 88.4 cm³/mol. The number of hydrogen-bond donors (Lipinski definition) is 2. The minimum Gasteiger partial charge on any atom is -0.395 e. The monoisotopic (exact) mass is 284 g/mol. The van der Waals surface area contributed by atoms with Crippen LogP contribution in [0.4, 0.5) is 5.69 Å². The van der Waals surface area contributed by atoms with E-state index in [2.05, 4.69) is 65.7 Å². The number of nitrogens with one attached hydrogen (secondary N) is 1. The van der Waals surface area contributed by atoms with Gasteiger partial charge in [-0.3, -0.25) is 0 Å². The zero-order valence-corrected chi connectivity index (χ0v) is 12.6. The molecule has 3 nitrogen and oxygen atoms in total. The van der Waals surface area contributed by atoms with Gasteiger partial charge in [-0.1, -0.05) is 55.5 Å². The Morgan fingerprint density at radius 1 is 1.00 bits per heavy atom. The number of aliphatic hydroxyl groups excluding tert-OH is 1. The lowest BCUT2D eigenvalue weighted by Gasteiger charge is -2.26. The number of para-hydroxylation sites is 1. The first-order valence-corrected chi connectivity index (χ1v) is 7.53. The molecular weight excluding hydrogens is 260 g/mol. The maximum Gasteiger partial charge on any atom is 0.0606 e. The second-order valence-electron chi connectivity index (χ2n) is 5.04. The maximum atomic E-state index is 9.39. The molecule has 0 amide bonds. The highest BCUT2D eigenvalue weighted by atomic mass is 16.3. The van der Waals surface area contributed by atoms with Gasteiger partial charge in [-0.2, -0.15) is 0 Å². The molecule has 0 radical (unpaired) electrons. The van der Waals surface area contributed by atoms with Crippen molar-refractivity contribution in [2.75, 3.05) is 24.6 Å². The van der Waals surface area contributed by atoms with Gasteiger partial charge in [-0.25, -0.2) is 0 Å². The van der Waals surface area contributed by atoms with E-state index < -0.39 is 0 Å². The van der Waals surface area contributed by atoms with Crippen LogP contribution in [0.15, 0.2) is 54.6 Å². The van der Waals surface area contributed by atoms with Gasteiger partial charge in [0.1, 0.15) is 0 Å². The first kappa shape index (κ1) is 15.5. The minimum atomic E-state index is 0.155. The van der Waals surface area contributed by atoms with Gasteiger partial charge in [0.05, 0.1) is 6.61 Å². The van der Waals surface area contributed by atoms with Gasteiger partial charge in [0.15, 0.2) is 0 Å². The lowest BCUT2D eigenvalue weighted by Crippen LogP contribution is -2.28. The Bertz CT molecular complexity index is 528. The Morgan fingerprint density at radius 2 is 1.71 bits per heavy atom. The van der Waals surface area contributed by atoms with Crippen LogP contribution in [0.5, 0.6) is 0 Å². The smallest absolute Gasteiger partial charge is 0.0606 e. The maximum absolute atomic E-state index is 9.39. The summed E-state index contributed by atoms with van der Waals surface area (Å²) in [7, 11) is 0. The highest BCUT2D eigenvalue weighted by Gasteiger charge is 2.10. The fraction of sp³-hybridized carbons (Fsp3) is 0.333. The van der Waals surface area contributed by atoms with Crippen molar-refractivity contribution < 1.29 is 5.11 Å². The summed E-state index contributed by atoms with van der Waals surface area (Å²) in [6.07, 6.45) is 0. The van der Waals surface area contributed by atoms with Gasteiger partial charge in [0, 0.05) is 25.3 Å². The van der Waals surface area contributed by atoms with E-state index in [9.17, 15) is 5.11 Å². The fourth-order valence-corrected chi connectivity index (χ4v) is 2.44. The predicted octanol–water partition coefficient (Wildman–Crippen LogP) is 2.80. The van der Waals surface area contributed by atoms with Crippen molar-refractivity contribution in [2.45, 2.75) is 20.0 Å². The molecule has 0 saturated heterocycles. The van der Waals surface area contributed by atoms with Crippen LogP contribution in [-0.2, 0) is 13.1 Å². The van der Waals surface area contributed by atoms with Crippen LogP contribution in [0.25, 0.3) is 0 Å². The molecule has 0 unspecified atom stereocenters. The lowest BCUT2D eigenvalue weighted by atomic mass is 10.1. The normalized spacial score (nSPS) is 10.6. The standard InChI is InChI=1S/C18H24N2O/c1-2-19-14-17-10-6-7-11-18(17)20(12-13-21)15-16-8-4-3-5-9-16/h3-11,19,21H,2,12-15H2,1H3. The van der Waals surface area contributed by atoms with Crippen molar-refractivity contribution >= 4 is 5.69 Å². The van der Waals surface area contributed by atoms with Crippen molar-refractivity contribution in [1.82, 2.24) is 5.32 Å². The van der Waals surface area contributed by atoms with Crippen molar-refractivity contribution in [2.24, 2.45) is 0 Å². The molecule has 2 aromatic rings. The highest BCUT2D eigenvalue weighted by Crippen LogP contribution is 2.22. The molecule has 0 spiro atoms. The van der Waals surface area contributed by atoms with Gasteiger partial charge in [-0.05, 0) is 23.7 Å². The average molecular weight is 284 g/mol. The number of rotatable bonds is 8. The van der Waals surface area contributed by atoms with Crippen LogP contribution in [0.3, 0.4) is 0 Å². The van der Waals surface area contributed by atoms with Crippen LogP contribution < -0.4 is 10.2 Å². The van der Waals surface area contributed by atoms with Crippen LogP contribution in [0.1, 0.15) is 18.1 Å². The first-order chi connectivity index (χ1) is 10.3. The summed E-state index contributed by atoms with van der Waals surface area (Å²) >= 11 is 0. The second-order valence-corrected chi connectivity index (χ2v) is 5.04. The lowest BCUT2D eigenvalue weighted by molar-refractivity contribution is 0.301. The molecule has 2 aromatic carbocycles. The van der Waals surface area contributed by atoms with Crippen molar-refractivity contribution in [3.05, 3.63) is 65.7 Å². The topological polar surface area (TPSA) is 35.5 Å². The van der Waals surface area contributed by atoms with E-state index in [0.29, 0.717) is 6.54 Å². The summed E-state index contributed by atoms with van der Waals surface area (Å²) in [4.78, 5) is 2.24. The first-order valence-electron chi connectivity index (χ1n) is 7.53. The van der Waals surface area contributed by atoms with Gasteiger partial charge < -0.3 is 15.3 Å². The quantitative estimate of drug-likeness (QED) is 0.782. The zero-order valence-electron chi connectivity index (χ0n) is 12.6. The van der Waals surface area contributed by atoms with Gasteiger partial charge >= 0.3 is 0 Å². The number of anilines is 1. The van der Waals surface area contributed by atoms with E-state index >= 15 is 0 Å². The number of benzene rings is 2. The highest BCUT2D eigenvalue weighted by molar-refractivity contribution is 5.54. The molecule has 0 heterocycles. The molecule has 0 aromatic heterocycles. The zero-order chi connectivity index (χ0) is 14.9. The summed E-state index contributed by atoms with van der Waals surface area (Å²) < 4.78 is 0. The van der Waals surface area contributed by atoms with Gasteiger partial charge in [0.2, 0.25) is 0 Å². The Kier molecular flexibility index (Phi) is 6.25. The number of hydrogen-bond acceptors (Lipinski definition) is 3. The molecular formula is C18H24N2O. The molecule has 3 heteroatoms. The number of nitrogens with zero attached hydrogens (tertiary/aromatic N) is 1. The van der Waals surface area contributed by atoms with Gasteiger partial charge in [-0.15, -0.1) is 0 Å². The Labute approximate surface area is 127 Å². The number of aliphatic hydroxyl groups is 1. The Balaban J connectivity index is 2.21. The molecule has 0 aliphatic carbocycles. The Hall–Kier alpha value is -1.84. The van der Waals surface area contributed by atoms with E-state index in [1.54, 1.807) is 0 Å². The minimum absolute atomic E-state index is 0.155. The van der Waals surface area contributed by atoms with Crippen molar-refractivity contribution in [3.8, 4) is 0 Å². The molecule has 0 atom stereocenters. The molecule has 0 saturated carbocycles. The summed E-state index contributed by atoms with van der Waals surface area (Å²) in [6, 6.07) is 18.8. The van der Waals surface area contributed by atoms with Crippen LogP contribution in [-0.4, -0.2) is 24.8 Å². The summed E-state index contributed by atoms with van der Waals surface area (Å²) in [6.45, 7) is 5.51. The van der Waals surface area contributed by atoms with E-state index in [1.807, 2.05) is 6.07 Å².